The number of fused-ring (bicyclic) bond motifs is 2. The second kappa shape index (κ2) is 6.97. The molecule has 0 saturated heterocycles. The van der Waals surface area contributed by atoms with Gasteiger partial charge in [0, 0.05) is 21.7 Å². The normalized spacial score (nSPS) is 12.8. The molecule has 2 heterocycles. The molecule has 28 heavy (non-hydrogen) atoms. The third kappa shape index (κ3) is 3.56. The predicted octanol–water partition coefficient (Wildman–Crippen LogP) is 7.69. The Labute approximate surface area is 171 Å². The minimum Gasteiger partial charge on any atom is -0.493 e. The van der Waals surface area contributed by atoms with E-state index < -0.39 is 0 Å². The fourth-order valence-corrected chi connectivity index (χ4v) is 4.89. The Morgan fingerprint density at radius 1 is 0.929 bits per heavy atom. The average molecular weight is 393 g/mol. The van der Waals surface area contributed by atoms with Gasteiger partial charge in [0.25, 0.3) is 0 Å². The molecule has 0 bridgehead atoms. The van der Waals surface area contributed by atoms with E-state index in [9.17, 15) is 0 Å². The Hall–Kier alpha value is -2.26. The van der Waals surface area contributed by atoms with E-state index in [4.69, 9.17) is 9.15 Å². The largest absolute Gasteiger partial charge is 0.493 e. The second-order valence-electron chi connectivity index (χ2n) is 9.19. The third-order valence-electron chi connectivity index (χ3n) is 5.56. The fraction of sp³-hybridized carbons (Fsp3) is 0.360. The van der Waals surface area contributed by atoms with Crippen molar-refractivity contribution in [3.8, 4) is 5.75 Å². The van der Waals surface area contributed by atoms with Crippen LogP contribution in [0.15, 0.2) is 58.5 Å². The van der Waals surface area contributed by atoms with Crippen LogP contribution in [-0.2, 0) is 10.8 Å². The monoisotopic (exact) mass is 392 g/mol. The SMILES string of the molecule is CC(C)(C)c1coc2cc(OCCC(C)(C)c3csc4ccccc34)ccc12. The zero-order chi connectivity index (χ0) is 19.9. The summed E-state index contributed by atoms with van der Waals surface area (Å²) < 4.78 is 13.2. The number of furan rings is 1. The van der Waals surface area contributed by atoms with Gasteiger partial charge in [-0.2, -0.15) is 0 Å². The van der Waals surface area contributed by atoms with Gasteiger partial charge in [0.05, 0.1) is 12.9 Å². The molecule has 3 heteroatoms. The summed E-state index contributed by atoms with van der Waals surface area (Å²) in [6.07, 6.45) is 2.83. The van der Waals surface area contributed by atoms with Crippen LogP contribution in [0.4, 0.5) is 0 Å². The molecule has 0 aliphatic rings. The highest BCUT2D eigenvalue weighted by Gasteiger charge is 2.24. The molecule has 0 saturated carbocycles. The van der Waals surface area contributed by atoms with Crippen LogP contribution in [0.3, 0.4) is 0 Å². The van der Waals surface area contributed by atoms with E-state index in [2.05, 4.69) is 76.4 Å². The van der Waals surface area contributed by atoms with Crippen LogP contribution in [0.2, 0.25) is 0 Å². The van der Waals surface area contributed by atoms with Gasteiger partial charge >= 0.3 is 0 Å². The summed E-state index contributed by atoms with van der Waals surface area (Å²) in [6.45, 7) is 11.9. The highest BCUT2D eigenvalue weighted by Crippen LogP contribution is 2.37. The highest BCUT2D eigenvalue weighted by atomic mass is 32.1. The van der Waals surface area contributed by atoms with E-state index in [1.807, 2.05) is 23.7 Å². The molecule has 0 radical (unpaired) electrons. The summed E-state index contributed by atoms with van der Waals surface area (Å²) in [7, 11) is 0. The first-order valence-electron chi connectivity index (χ1n) is 9.87. The lowest BCUT2D eigenvalue weighted by Gasteiger charge is -2.24. The highest BCUT2D eigenvalue weighted by molar-refractivity contribution is 7.17. The Balaban J connectivity index is 1.47. The molecular weight excluding hydrogens is 364 g/mol. The first-order valence-corrected chi connectivity index (χ1v) is 10.7. The van der Waals surface area contributed by atoms with Crippen molar-refractivity contribution >= 4 is 32.4 Å². The smallest absolute Gasteiger partial charge is 0.137 e. The van der Waals surface area contributed by atoms with E-state index in [-0.39, 0.29) is 10.8 Å². The van der Waals surface area contributed by atoms with Gasteiger partial charge in [-0.1, -0.05) is 52.8 Å². The summed E-state index contributed by atoms with van der Waals surface area (Å²) in [5.74, 6) is 0.869. The first kappa shape index (κ1) is 19.1. The number of hydrogen-bond acceptors (Lipinski definition) is 3. The topological polar surface area (TPSA) is 22.4 Å². The van der Waals surface area contributed by atoms with Gasteiger partial charge in [0.1, 0.15) is 11.3 Å². The van der Waals surface area contributed by atoms with E-state index in [1.165, 1.54) is 26.6 Å². The first-order chi connectivity index (χ1) is 13.3. The van der Waals surface area contributed by atoms with E-state index >= 15 is 0 Å². The summed E-state index contributed by atoms with van der Waals surface area (Å²) in [4.78, 5) is 0. The summed E-state index contributed by atoms with van der Waals surface area (Å²) in [5, 5.41) is 4.84. The fourth-order valence-electron chi connectivity index (χ4n) is 3.74. The van der Waals surface area contributed by atoms with Gasteiger partial charge in [-0.25, -0.2) is 0 Å². The van der Waals surface area contributed by atoms with E-state index in [0.29, 0.717) is 6.61 Å². The quantitative estimate of drug-likeness (QED) is 0.347. The lowest BCUT2D eigenvalue weighted by atomic mass is 9.82. The molecule has 4 aromatic rings. The molecule has 2 aromatic carbocycles. The average Bonchev–Trinajstić information content (AvgIpc) is 3.25. The molecule has 2 aromatic heterocycles. The zero-order valence-electron chi connectivity index (χ0n) is 17.3. The van der Waals surface area contributed by atoms with Crippen molar-refractivity contribution in [3.05, 3.63) is 65.2 Å². The molecule has 0 N–H and O–H groups in total. The maximum Gasteiger partial charge on any atom is 0.137 e. The molecule has 0 aliphatic carbocycles. The molecule has 0 spiro atoms. The van der Waals surface area contributed by atoms with Crippen molar-refractivity contribution in [2.24, 2.45) is 0 Å². The van der Waals surface area contributed by atoms with Crippen LogP contribution in [0.1, 0.15) is 52.2 Å². The van der Waals surface area contributed by atoms with Gasteiger partial charge in [-0.05, 0) is 51.8 Å². The number of thiophene rings is 1. The van der Waals surface area contributed by atoms with Crippen LogP contribution in [0.25, 0.3) is 21.1 Å². The minimum absolute atomic E-state index is 0.0633. The molecule has 2 nitrogen and oxygen atoms in total. The number of rotatable bonds is 5. The van der Waals surface area contributed by atoms with Crippen LogP contribution >= 0.6 is 11.3 Å². The van der Waals surface area contributed by atoms with Crippen LogP contribution in [0, 0.1) is 0 Å². The summed E-state index contributed by atoms with van der Waals surface area (Å²) in [6, 6.07) is 14.8. The number of ether oxygens (including phenoxy) is 1. The van der Waals surface area contributed by atoms with Gasteiger partial charge in [-0.15, -0.1) is 11.3 Å². The Morgan fingerprint density at radius 2 is 1.71 bits per heavy atom. The molecule has 146 valence electrons. The second-order valence-corrected chi connectivity index (χ2v) is 10.1. The van der Waals surface area contributed by atoms with Crippen molar-refractivity contribution in [2.75, 3.05) is 6.61 Å². The molecule has 4 rings (SSSR count). The van der Waals surface area contributed by atoms with Gasteiger partial charge in [-0.3, -0.25) is 0 Å². The Kier molecular flexibility index (Phi) is 4.75. The molecule has 0 aliphatic heterocycles. The van der Waals surface area contributed by atoms with Crippen molar-refractivity contribution in [2.45, 2.75) is 51.9 Å². The molecule has 0 atom stereocenters. The lowest BCUT2D eigenvalue weighted by Crippen LogP contribution is -2.20. The zero-order valence-corrected chi connectivity index (χ0v) is 18.2. The van der Waals surface area contributed by atoms with Crippen molar-refractivity contribution < 1.29 is 9.15 Å². The molecular formula is C25H28O2S. The van der Waals surface area contributed by atoms with E-state index in [1.54, 1.807) is 0 Å². The van der Waals surface area contributed by atoms with Crippen LogP contribution in [0.5, 0.6) is 5.75 Å². The summed E-state index contributed by atoms with van der Waals surface area (Å²) >= 11 is 1.82. The third-order valence-corrected chi connectivity index (χ3v) is 6.52. The minimum atomic E-state index is 0.0633. The van der Waals surface area contributed by atoms with Crippen molar-refractivity contribution in [1.29, 1.82) is 0 Å². The maximum absolute atomic E-state index is 6.10. The standard InChI is InChI=1S/C25H28O2S/c1-24(2,3)20-15-27-22-14-17(10-11-18(20)22)26-13-12-25(4,5)21-16-28-23-9-7-6-8-19(21)23/h6-11,14-16H,12-13H2,1-5H3. The van der Waals surface area contributed by atoms with Gasteiger partial charge in [0.2, 0.25) is 0 Å². The molecule has 0 unspecified atom stereocenters. The van der Waals surface area contributed by atoms with Crippen molar-refractivity contribution in [3.63, 3.8) is 0 Å². The Morgan fingerprint density at radius 3 is 2.50 bits per heavy atom. The van der Waals surface area contributed by atoms with Gasteiger partial charge < -0.3 is 9.15 Å². The van der Waals surface area contributed by atoms with Crippen LogP contribution < -0.4 is 4.74 Å². The van der Waals surface area contributed by atoms with E-state index in [0.717, 1.165) is 17.8 Å². The molecule has 0 amide bonds. The van der Waals surface area contributed by atoms with Crippen molar-refractivity contribution in [1.82, 2.24) is 0 Å². The lowest BCUT2D eigenvalue weighted by molar-refractivity contribution is 0.273. The Bertz CT molecular complexity index is 1110. The molecule has 0 fully saturated rings. The predicted molar refractivity (Wildman–Crippen MR) is 120 cm³/mol. The summed E-state index contributed by atoms with van der Waals surface area (Å²) in [5.41, 5.74) is 3.67. The maximum atomic E-state index is 6.10. The number of benzene rings is 2. The van der Waals surface area contributed by atoms with Gasteiger partial charge in [0.15, 0.2) is 0 Å². The number of hydrogen-bond donors (Lipinski definition) is 0. The van der Waals surface area contributed by atoms with Crippen LogP contribution in [-0.4, -0.2) is 6.61 Å².